The van der Waals surface area contributed by atoms with Crippen LogP contribution < -0.4 is 15.8 Å². The van der Waals surface area contributed by atoms with Crippen molar-refractivity contribution in [3.63, 3.8) is 0 Å². The molecule has 7 nitrogen and oxygen atoms in total. The van der Waals surface area contributed by atoms with Crippen molar-refractivity contribution in [2.24, 2.45) is 5.73 Å². The lowest BCUT2D eigenvalue weighted by atomic mass is 10.3. The number of ether oxygens (including phenoxy) is 1. The molecule has 0 spiro atoms. The maximum absolute atomic E-state index is 12.3. The van der Waals surface area contributed by atoms with Crippen molar-refractivity contribution in [2.75, 3.05) is 32.6 Å². The highest BCUT2D eigenvalue weighted by Gasteiger charge is 2.21. The van der Waals surface area contributed by atoms with E-state index in [1.165, 1.54) is 39.3 Å². The number of methoxy groups -OCH3 is 1. The molecule has 1 rings (SSSR count). The molecule has 0 heterocycles. The first-order chi connectivity index (χ1) is 9.32. The van der Waals surface area contributed by atoms with Crippen LogP contribution in [0.1, 0.15) is 6.92 Å². The third-order valence-electron chi connectivity index (χ3n) is 2.63. The molecule has 0 fully saturated rings. The quantitative estimate of drug-likeness (QED) is 0.783. The Balaban J connectivity index is 3.23. The zero-order valence-corrected chi connectivity index (χ0v) is 12.5. The molecule has 0 aliphatic heterocycles. The molecular formula is C12H19N3O4S. The van der Waals surface area contributed by atoms with Gasteiger partial charge in [0.2, 0.25) is 15.9 Å². The van der Waals surface area contributed by atoms with E-state index in [4.69, 9.17) is 10.5 Å². The second-order valence-electron chi connectivity index (χ2n) is 4.16. The zero-order chi connectivity index (χ0) is 15.3. The number of benzene rings is 1. The van der Waals surface area contributed by atoms with Crippen molar-refractivity contribution in [3.8, 4) is 5.75 Å². The number of sulfonamides is 1. The first kappa shape index (κ1) is 16.4. The molecule has 1 aromatic rings. The van der Waals surface area contributed by atoms with Crippen LogP contribution in [0.2, 0.25) is 0 Å². The van der Waals surface area contributed by atoms with Crippen molar-refractivity contribution < 1.29 is 17.9 Å². The Morgan fingerprint density at radius 2 is 2.10 bits per heavy atom. The number of nitrogens with zero attached hydrogens (tertiary/aromatic N) is 1. The summed E-state index contributed by atoms with van der Waals surface area (Å²) in [5.41, 5.74) is 5.67. The summed E-state index contributed by atoms with van der Waals surface area (Å²) in [6.07, 6.45) is 0. The number of nitrogens with two attached hydrogens (primary N) is 1. The number of rotatable bonds is 6. The Kier molecular flexibility index (Phi) is 5.49. The molecule has 0 aliphatic carbocycles. The van der Waals surface area contributed by atoms with Crippen LogP contribution in [0.3, 0.4) is 0 Å². The molecule has 0 radical (unpaired) electrons. The lowest BCUT2D eigenvalue weighted by Gasteiger charge is -2.17. The molecule has 0 aliphatic rings. The van der Waals surface area contributed by atoms with Gasteiger partial charge in [0, 0.05) is 27.1 Å². The number of anilines is 1. The summed E-state index contributed by atoms with van der Waals surface area (Å²) in [5.74, 6) is 0.0776. The van der Waals surface area contributed by atoms with Crippen LogP contribution in [-0.4, -0.2) is 45.9 Å². The number of hydrogen-bond acceptors (Lipinski definition) is 5. The van der Waals surface area contributed by atoms with Gasteiger partial charge in [0.15, 0.2) is 0 Å². The predicted molar refractivity (Wildman–Crippen MR) is 76.2 cm³/mol. The van der Waals surface area contributed by atoms with Crippen molar-refractivity contribution >= 4 is 21.6 Å². The van der Waals surface area contributed by atoms with Crippen molar-refractivity contribution in [1.82, 2.24) is 4.31 Å². The van der Waals surface area contributed by atoms with Gasteiger partial charge >= 0.3 is 0 Å². The van der Waals surface area contributed by atoms with Gasteiger partial charge in [-0.15, -0.1) is 0 Å². The van der Waals surface area contributed by atoms with Gasteiger partial charge in [0.05, 0.1) is 17.7 Å². The van der Waals surface area contributed by atoms with E-state index >= 15 is 0 Å². The molecule has 8 heteroatoms. The Hall–Kier alpha value is -1.64. The zero-order valence-electron chi connectivity index (χ0n) is 11.7. The van der Waals surface area contributed by atoms with Crippen LogP contribution >= 0.6 is 0 Å². The smallest absolute Gasteiger partial charge is 0.242 e. The largest absolute Gasteiger partial charge is 0.495 e. The lowest BCUT2D eigenvalue weighted by Crippen LogP contribution is -2.31. The van der Waals surface area contributed by atoms with Crippen LogP contribution in [0.4, 0.5) is 5.69 Å². The first-order valence-electron chi connectivity index (χ1n) is 5.95. The molecule has 0 bridgehead atoms. The van der Waals surface area contributed by atoms with E-state index in [2.05, 4.69) is 5.32 Å². The van der Waals surface area contributed by atoms with Crippen LogP contribution in [0.25, 0.3) is 0 Å². The summed E-state index contributed by atoms with van der Waals surface area (Å²) >= 11 is 0. The highest BCUT2D eigenvalue weighted by atomic mass is 32.2. The van der Waals surface area contributed by atoms with E-state index in [1.54, 1.807) is 0 Å². The van der Waals surface area contributed by atoms with E-state index in [1.807, 2.05) is 0 Å². The third kappa shape index (κ3) is 3.69. The molecule has 1 aromatic carbocycles. The fourth-order valence-electron chi connectivity index (χ4n) is 1.62. The molecule has 0 saturated heterocycles. The summed E-state index contributed by atoms with van der Waals surface area (Å²) in [6.45, 7) is 1.77. The summed E-state index contributed by atoms with van der Waals surface area (Å²) < 4.78 is 30.8. The Morgan fingerprint density at radius 1 is 1.45 bits per heavy atom. The Morgan fingerprint density at radius 3 is 2.60 bits per heavy atom. The Bertz CT molecular complexity index is 586. The Labute approximate surface area is 118 Å². The molecule has 3 N–H and O–H groups in total. The van der Waals surface area contributed by atoms with Gasteiger partial charge < -0.3 is 15.8 Å². The average molecular weight is 301 g/mol. The lowest BCUT2D eigenvalue weighted by molar-refractivity contribution is -0.114. The third-order valence-corrected chi connectivity index (χ3v) is 4.49. The predicted octanol–water partition coefficient (Wildman–Crippen LogP) is 0.233. The normalized spacial score (nSPS) is 11.4. The van der Waals surface area contributed by atoms with Gasteiger partial charge in [-0.1, -0.05) is 0 Å². The standard InChI is InChI=1S/C12H19N3O4S/c1-9(16)14-11-8-10(4-5-12(11)19-3)20(17,18)15(2)7-6-13/h4-5,8H,6-7,13H2,1-3H3,(H,14,16). The number of likely N-dealkylation sites (N-methyl/N-ethyl adjacent to an activating group) is 1. The number of amides is 1. The number of nitrogens with one attached hydrogen (secondary N) is 1. The molecule has 1 amide bonds. The van der Waals surface area contributed by atoms with E-state index in [0.717, 1.165) is 4.31 Å². The number of carbonyl (C=O) groups is 1. The summed E-state index contributed by atoms with van der Waals surface area (Å²) in [4.78, 5) is 11.2. The van der Waals surface area contributed by atoms with E-state index in [0.29, 0.717) is 11.4 Å². The van der Waals surface area contributed by atoms with Gasteiger partial charge in [0.1, 0.15) is 5.75 Å². The van der Waals surface area contributed by atoms with E-state index in [-0.39, 0.29) is 23.9 Å². The van der Waals surface area contributed by atoms with Crippen LogP contribution in [-0.2, 0) is 14.8 Å². The molecule has 0 saturated carbocycles. The van der Waals surface area contributed by atoms with Gasteiger partial charge in [-0.05, 0) is 18.2 Å². The number of carbonyl (C=O) groups excluding carboxylic acids is 1. The highest BCUT2D eigenvalue weighted by Crippen LogP contribution is 2.28. The maximum atomic E-state index is 12.3. The van der Waals surface area contributed by atoms with Gasteiger partial charge in [-0.3, -0.25) is 4.79 Å². The van der Waals surface area contributed by atoms with Gasteiger partial charge in [-0.2, -0.15) is 4.31 Å². The summed E-state index contributed by atoms with van der Waals surface area (Å²) in [5, 5.41) is 2.54. The minimum absolute atomic E-state index is 0.0676. The first-order valence-corrected chi connectivity index (χ1v) is 7.39. The van der Waals surface area contributed by atoms with Crippen molar-refractivity contribution in [3.05, 3.63) is 18.2 Å². The van der Waals surface area contributed by atoms with Crippen molar-refractivity contribution in [2.45, 2.75) is 11.8 Å². The second kappa shape index (κ2) is 6.69. The van der Waals surface area contributed by atoms with Crippen molar-refractivity contribution in [1.29, 1.82) is 0 Å². The molecule has 0 aromatic heterocycles. The molecule has 112 valence electrons. The maximum Gasteiger partial charge on any atom is 0.242 e. The highest BCUT2D eigenvalue weighted by molar-refractivity contribution is 7.89. The van der Waals surface area contributed by atoms with Crippen LogP contribution in [0.5, 0.6) is 5.75 Å². The van der Waals surface area contributed by atoms with Gasteiger partial charge in [0.25, 0.3) is 0 Å². The topological polar surface area (TPSA) is 102 Å². The van der Waals surface area contributed by atoms with E-state index in [9.17, 15) is 13.2 Å². The second-order valence-corrected chi connectivity index (χ2v) is 6.20. The van der Waals surface area contributed by atoms with Crippen LogP contribution in [0, 0.1) is 0 Å². The minimum Gasteiger partial charge on any atom is -0.495 e. The number of hydrogen-bond donors (Lipinski definition) is 2. The van der Waals surface area contributed by atoms with Gasteiger partial charge in [-0.25, -0.2) is 8.42 Å². The minimum atomic E-state index is -3.64. The summed E-state index contributed by atoms with van der Waals surface area (Å²) in [7, 11) is -0.749. The monoisotopic (exact) mass is 301 g/mol. The average Bonchev–Trinajstić information content (AvgIpc) is 2.38. The SMILES string of the molecule is COc1ccc(S(=O)(=O)N(C)CCN)cc1NC(C)=O. The molecular weight excluding hydrogens is 282 g/mol. The molecule has 20 heavy (non-hydrogen) atoms. The van der Waals surface area contributed by atoms with Crippen LogP contribution in [0.15, 0.2) is 23.1 Å². The fraction of sp³-hybridized carbons (Fsp3) is 0.417. The molecule has 0 atom stereocenters. The summed E-state index contributed by atoms with van der Waals surface area (Å²) in [6, 6.07) is 4.28. The van der Waals surface area contributed by atoms with E-state index < -0.39 is 10.0 Å². The molecule has 0 unspecified atom stereocenters. The fourth-order valence-corrected chi connectivity index (χ4v) is 2.83.